The van der Waals surface area contributed by atoms with Crippen LogP contribution in [0.4, 0.5) is 10.5 Å². The minimum atomic E-state index is -1.17. The molecule has 3 aromatic rings. The van der Waals surface area contributed by atoms with Gasteiger partial charge in [-0.15, -0.1) is 0 Å². The van der Waals surface area contributed by atoms with Crippen LogP contribution in [0, 0.1) is 0 Å². The summed E-state index contributed by atoms with van der Waals surface area (Å²) in [5.41, 5.74) is 0.524. The molecule has 0 atom stereocenters. The van der Waals surface area contributed by atoms with Crippen molar-refractivity contribution >= 4 is 17.7 Å². The number of carboxylic acid groups (broad SMARTS) is 1. The number of pyridine rings is 1. The van der Waals surface area contributed by atoms with Crippen molar-refractivity contribution in [3.63, 3.8) is 0 Å². The fraction of sp³-hybridized carbons (Fsp3) is 0.222. The molecule has 3 aromatic heterocycles. The Morgan fingerprint density at radius 1 is 1.14 bits per heavy atom. The fourth-order valence-corrected chi connectivity index (χ4v) is 2.28. The second-order valence-corrected chi connectivity index (χ2v) is 6.75. The van der Waals surface area contributed by atoms with Crippen molar-refractivity contribution in [1.29, 1.82) is 0 Å². The lowest BCUT2D eigenvalue weighted by molar-refractivity contribution is 0.0633. The van der Waals surface area contributed by atoms with Gasteiger partial charge in [0.05, 0.1) is 29.5 Å². The maximum Gasteiger partial charge on any atom is 0.412 e. The molecule has 3 heterocycles. The number of ether oxygens (including phenoxy) is 1. The van der Waals surface area contributed by atoms with Crippen molar-refractivity contribution in [3.05, 3.63) is 48.7 Å². The molecular formula is C18H18N6O4. The van der Waals surface area contributed by atoms with Gasteiger partial charge in [0.15, 0.2) is 11.5 Å². The number of carboxylic acids is 1. The number of hydrogen-bond acceptors (Lipinski definition) is 7. The molecule has 2 N–H and O–H groups in total. The summed E-state index contributed by atoms with van der Waals surface area (Å²) >= 11 is 0. The molecule has 0 radical (unpaired) electrons. The van der Waals surface area contributed by atoms with Crippen molar-refractivity contribution in [1.82, 2.24) is 24.7 Å². The van der Waals surface area contributed by atoms with Crippen molar-refractivity contribution in [2.75, 3.05) is 5.32 Å². The Morgan fingerprint density at radius 2 is 1.93 bits per heavy atom. The van der Waals surface area contributed by atoms with Crippen LogP contribution in [-0.4, -0.2) is 47.5 Å². The minimum Gasteiger partial charge on any atom is -0.476 e. The zero-order valence-corrected chi connectivity index (χ0v) is 15.4. The molecule has 0 bridgehead atoms. The molecular weight excluding hydrogens is 364 g/mol. The number of amides is 1. The SMILES string of the molecule is CC(C)(C)OC(=O)Nc1ccc(-c2cc(C(=O)O)nn2-c2cnccn2)nc1. The van der Waals surface area contributed by atoms with E-state index in [9.17, 15) is 14.7 Å². The van der Waals surface area contributed by atoms with Crippen LogP contribution in [-0.2, 0) is 4.74 Å². The zero-order chi connectivity index (χ0) is 20.3. The number of nitrogens with zero attached hydrogens (tertiary/aromatic N) is 5. The Balaban J connectivity index is 1.89. The summed E-state index contributed by atoms with van der Waals surface area (Å²) in [5, 5.41) is 15.9. The predicted octanol–water partition coefficient (Wildman–Crippen LogP) is 2.77. The first-order chi connectivity index (χ1) is 13.2. The average Bonchev–Trinajstić information content (AvgIpc) is 3.07. The summed E-state index contributed by atoms with van der Waals surface area (Å²) in [5.74, 6) is -0.824. The van der Waals surface area contributed by atoms with Crippen molar-refractivity contribution < 1.29 is 19.4 Å². The maximum absolute atomic E-state index is 11.8. The molecule has 0 aliphatic carbocycles. The molecule has 144 valence electrons. The number of carbonyl (C=O) groups is 2. The highest BCUT2D eigenvalue weighted by Gasteiger charge is 2.19. The predicted molar refractivity (Wildman–Crippen MR) is 99.2 cm³/mol. The lowest BCUT2D eigenvalue weighted by atomic mass is 10.2. The van der Waals surface area contributed by atoms with E-state index in [-0.39, 0.29) is 5.69 Å². The highest BCUT2D eigenvalue weighted by Crippen LogP contribution is 2.23. The van der Waals surface area contributed by atoms with Gasteiger partial charge >= 0.3 is 12.1 Å². The summed E-state index contributed by atoms with van der Waals surface area (Å²) in [4.78, 5) is 35.6. The summed E-state index contributed by atoms with van der Waals surface area (Å²) in [6.07, 6.45) is 5.27. The van der Waals surface area contributed by atoms with Gasteiger partial charge in [-0.1, -0.05) is 0 Å². The van der Waals surface area contributed by atoms with Gasteiger partial charge < -0.3 is 9.84 Å². The van der Waals surface area contributed by atoms with Crippen LogP contribution < -0.4 is 5.32 Å². The van der Waals surface area contributed by atoms with E-state index in [2.05, 4.69) is 25.4 Å². The Labute approximate surface area is 160 Å². The lowest BCUT2D eigenvalue weighted by Gasteiger charge is -2.19. The zero-order valence-electron chi connectivity index (χ0n) is 15.4. The van der Waals surface area contributed by atoms with E-state index < -0.39 is 17.7 Å². The highest BCUT2D eigenvalue weighted by molar-refractivity contribution is 5.87. The molecule has 0 aliphatic heterocycles. The van der Waals surface area contributed by atoms with Crippen LogP contribution in [0.5, 0.6) is 0 Å². The first-order valence-corrected chi connectivity index (χ1v) is 8.29. The standard InChI is InChI=1S/C18H18N6O4/c1-18(2,3)28-17(27)22-11-4-5-12(21-9-11)14-8-13(16(25)26)23-24(14)15-10-19-6-7-20-15/h4-10H,1-3H3,(H,22,27)(H,25,26). The number of rotatable bonds is 4. The smallest absolute Gasteiger partial charge is 0.412 e. The number of hydrogen-bond donors (Lipinski definition) is 2. The third-order valence-corrected chi connectivity index (χ3v) is 3.37. The van der Waals surface area contributed by atoms with Crippen molar-refractivity contribution in [3.8, 4) is 17.2 Å². The number of aromatic nitrogens is 5. The molecule has 0 saturated carbocycles. The third kappa shape index (κ3) is 4.47. The van der Waals surface area contributed by atoms with E-state index in [1.54, 1.807) is 32.9 Å². The molecule has 3 rings (SSSR count). The minimum absolute atomic E-state index is 0.154. The quantitative estimate of drug-likeness (QED) is 0.704. The van der Waals surface area contributed by atoms with E-state index in [1.807, 2.05) is 0 Å². The Morgan fingerprint density at radius 3 is 2.50 bits per heavy atom. The molecule has 10 nitrogen and oxygen atoms in total. The monoisotopic (exact) mass is 382 g/mol. The molecule has 0 aromatic carbocycles. The van der Waals surface area contributed by atoms with E-state index in [4.69, 9.17) is 4.74 Å². The Bertz CT molecular complexity index is 993. The molecule has 0 fully saturated rings. The van der Waals surface area contributed by atoms with Crippen LogP contribution >= 0.6 is 0 Å². The average molecular weight is 382 g/mol. The summed E-state index contributed by atoms with van der Waals surface area (Å²) in [6, 6.07) is 4.64. The van der Waals surface area contributed by atoms with Gasteiger partial charge in [-0.05, 0) is 32.9 Å². The van der Waals surface area contributed by atoms with Gasteiger partial charge in [-0.2, -0.15) is 5.10 Å². The third-order valence-electron chi connectivity index (χ3n) is 3.37. The topological polar surface area (TPSA) is 132 Å². The second kappa shape index (κ2) is 7.43. The van der Waals surface area contributed by atoms with Gasteiger partial charge in [-0.25, -0.2) is 19.3 Å². The van der Waals surface area contributed by atoms with Gasteiger partial charge in [-0.3, -0.25) is 15.3 Å². The Hall–Kier alpha value is -3.82. The molecule has 0 spiro atoms. The first kappa shape index (κ1) is 19.0. The Kier molecular flexibility index (Phi) is 5.03. The summed E-state index contributed by atoms with van der Waals surface area (Å²) in [7, 11) is 0. The molecule has 0 saturated heterocycles. The molecule has 0 aliphatic rings. The highest BCUT2D eigenvalue weighted by atomic mass is 16.6. The molecule has 28 heavy (non-hydrogen) atoms. The maximum atomic E-state index is 11.8. The van der Waals surface area contributed by atoms with Crippen LogP contribution in [0.15, 0.2) is 43.0 Å². The van der Waals surface area contributed by atoms with Gasteiger partial charge in [0.2, 0.25) is 0 Å². The normalized spacial score (nSPS) is 11.1. The van der Waals surface area contributed by atoms with Gasteiger partial charge in [0.25, 0.3) is 0 Å². The lowest BCUT2D eigenvalue weighted by Crippen LogP contribution is -2.27. The number of nitrogens with one attached hydrogen (secondary N) is 1. The van der Waals surface area contributed by atoms with E-state index in [0.29, 0.717) is 22.9 Å². The molecule has 10 heteroatoms. The van der Waals surface area contributed by atoms with Crippen molar-refractivity contribution in [2.24, 2.45) is 0 Å². The van der Waals surface area contributed by atoms with Crippen LogP contribution in [0.3, 0.4) is 0 Å². The molecule has 0 unspecified atom stereocenters. The number of aromatic carboxylic acids is 1. The van der Waals surface area contributed by atoms with Gasteiger partial charge in [0, 0.05) is 18.5 Å². The van der Waals surface area contributed by atoms with E-state index >= 15 is 0 Å². The van der Waals surface area contributed by atoms with Crippen LogP contribution in [0.2, 0.25) is 0 Å². The number of anilines is 1. The molecule has 1 amide bonds. The van der Waals surface area contributed by atoms with Crippen molar-refractivity contribution in [2.45, 2.75) is 26.4 Å². The van der Waals surface area contributed by atoms with E-state index in [0.717, 1.165) is 0 Å². The fourth-order valence-electron chi connectivity index (χ4n) is 2.28. The van der Waals surface area contributed by atoms with E-state index in [1.165, 1.54) is 35.5 Å². The summed E-state index contributed by atoms with van der Waals surface area (Å²) < 4.78 is 6.54. The second-order valence-electron chi connectivity index (χ2n) is 6.75. The van der Waals surface area contributed by atoms with Gasteiger partial charge in [0.1, 0.15) is 5.60 Å². The first-order valence-electron chi connectivity index (χ1n) is 8.29. The summed E-state index contributed by atoms with van der Waals surface area (Å²) in [6.45, 7) is 5.30. The van der Waals surface area contributed by atoms with Crippen LogP contribution in [0.25, 0.3) is 17.2 Å². The number of carbonyl (C=O) groups excluding carboxylic acids is 1. The van der Waals surface area contributed by atoms with Crippen LogP contribution in [0.1, 0.15) is 31.3 Å². The largest absolute Gasteiger partial charge is 0.476 e.